The van der Waals surface area contributed by atoms with Crippen molar-refractivity contribution in [2.45, 2.75) is 45.1 Å². The third-order valence-corrected chi connectivity index (χ3v) is 7.63. The Labute approximate surface area is 122 Å². The SMILES string of the molecule is COC1=N[C@@H](C[Si](C)(C)CCl)C(OC)=NC1C(C)C. The van der Waals surface area contributed by atoms with Gasteiger partial charge in [0.25, 0.3) is 0 Å². The zero-order valence-corrected chi connectivity index (χ0v) is 14.5. The van der Waals surface area contributed by atoms with Gasteiger partial charge in [0.1, 0.15) is 12.1 Å². The summed E-state index contributed by atoms with van der Waals surface area (Å²) in [5.74, 6) is 1.76. The first-order chi connectivity index (χ1) is 8.84. The molecule has 19 heavy (non-hydrogen) atoms. The van der Waals surface area contributed by atoms with Gasteiger partial charge in [0.2, 0.25) is 11.8 Å². The fourth-order valence-corrected chi connectivity index (χ4v) is 3.82. The van der Waals surface area contributed by atoms with Crippen molar-refractivity contribution >= 4 is 31.5 Å². The predicted octanol–water partition coefficient (Wildman–Crippen LogP) is 2.97. The minimum Gasteiger partial charge on any atom is -0.483 e. The number of aliphatic imine (C=N–C) groups is 2. The lowest BCUT2D eigenvalue weighted by molar-refractivity contribution is 0.335. The van der Waals surface area contributed by atoms with Crippen molar-refractivity contribution in [1.82, 2.24) is 0 Å². The smallest absolute Gasteiger partial charge is 0.209 e. The van der Waals surface area contributed by atoms with E-state index < -0.39 is 8.07 Å². The van der Waals surface area contributed by atoms with Crippen LogP contribution in [-0.4, -0.2) is 51.7 Å². The Morgan fingerprint density at radius 3 is 2.16 bits per heavy atom. The standard InChI is InChI=1S/C13H25ClN2O2Si/c1-9(2)11-13(18-4)15-10(12(16-11)17-3)7-19(5,6)8-14/h9-11H,7-8H2,1-6H3/t10-,11?/m0/s1. The average molecular weight is 305 g/mol. The second-order valence-corrected chi connectivity index (χ2v) is 11.9. The highest BCUT2D eigenvalue weighted by atomic mass is 35.5. The zero-order valence-electron chi connectivity index (χ0n) is 12.7. The molecule has 1 aliphatic heterocycles. The number of methoxy groups -OCH3 is 2. The van der Waals surface area contributed by atoms with Gasteiger partial charge in [0.05, 0.1) is 22.3 Å². The Balaban J connectivity index is 2.98. The maximum Gasteiger partial charge on any atom is 0.209 e. The molecule has 2 atom stereocenters. The average Bonchev–Trinajstić information content (AvgIpc) is 2.37. The van der Waals surface area contributed by atoms with Gasteiger partial charge in [-0.25, -0.2) is 9.98 Å². The molecule has 0 aromatic rings. The van der Waals surface area contributed by atoms with Crippen molar-refractivity contribution in [3.8, 4) is 0 Å². The molecule has 0 fully saturated rings. The van der Waals surface area contributed by atoms with Crippen LogP contribution < -0.4 is 0 Å². The molecule has 1 aliphatic rings. The van der Waals surface area contributed by atoms with Gasteiger partial charge >= 0.3 is 0 Å². The summed E-state index contributed by atoms with van der Waals surface area (Å²) in [7, 11) is 1.84. The van der Waals surface area contributed by atoms with E-state index in [1.54, 1.807) is 14.2 Å². The molecule has 0 saturated carbocycles. The van der Waals surface area contributed by atoms with E-state index in [9.17, 15) is 0 Å². The number of nitrogens with zero attached hydrogens (tertiary/aromatic N) is 2. The zero-order chi connectivity index (χ0) is 14.6. The van der Waals surface area contributed by atoms with Gasteiger partial charge in [0, 0.05) is 5.50 Å². The second-order valence-electron chi connectivity index (χ2n) is 6.05. The molecule has 0 bridgehead atoms. The van der Waals surface area contributed by atoms with E-state index in [0.29, 0.717) is 23.2 Å². The molecule has 0 amide bonds. The first-order valence-corrected chi connectivity index (χ1v) is 10.6. The van der Waals surface area contributed by atoms with E-state index in [1.165, 1.54) is 0 Å². The Kier molecular flexibility index (Phi) is 5.86. The van der Waals surface area contributed by atoms with Crippen LogP contribution in [0.25, 0.3) is 0 Å². The molecule has 0 aromatic heterocycles. The maximum atomic E-state index is 6.05. The molecule has 0 spiro atoms. The summed E-state index contributed by atoms with van der Waals surface area (Å²) in [5.41, 5.74) is 0.714. The highest BCUT2D eigenvalue weighted by Gasteiger charge is 2.34. The second kappa shape index (κ2) is 6.75. The van der Waals surface area contributed by atoms with Crippen LogP contribution in [0.2, 0.25) is 19.1 Å². The topological polar surface area (TPSA) is 43.2 Å². The van der Waals surface area contributed by atoms with Crippen molar-refractivity contribution in [2.24, 2.45) is 15.9 Å². The molecular formula is C13H25ClN2O2Si. The third kappa shape index (κ3) is 4.21. The van der Waals surface area contributed by atoms with Gasteiger partial charge in [-0.1, -0.05) is 26.9 Å². The number of ether oxygens (including phenoxy) is 2. The van der Waals surface area contributed by atoms with Crippen LogP contribution in [-0.2, 0) is 9.47 Å². The first-order valence-electron chi connectivity index (χ1n) is 6.64. The minimum atomic E-state index is -1.47. The lowest BCUT2D eigenvalue weighted by Gasteiger charge is -2.30. The summed E-state index contributed by atoms with van der Waals surface area (Å²) in [4.78, 5) is 9.37. The fraction of sp³-hybridized carbons (Fsp3) is 0.846. The van der Waals surface area contributed by atoms with Gasteiger partial charge in [-0.3, -0.25) is 0 Å². The summed E-state index contributed by atoms with van der Waals surface area (Å²) in [6.45, 7) is 8.72. The van der Waals surface area contributed by atoms with Crippen LogP contribution in [0.4, 0.5) is 0 Å². The predicted molar refractivity (Wildman–Crippen MR) is 84.3 cm³/mol. The largest absolute Gasteiger partial charge is 0.483 e. The van der Waals surface area contributed by atoms with Gasteiger partial charge < -0.3 is 9.47 Å². The summed E-state index contributed by atoms with van der Waals surface area (Å²) in [5, 5.41) is 0. The van der Waals surface area contributed by atoms with E-state index in [4.69, 9.17) is 26.1 Å². The number of hydrogen-bond acceptors (Lipinski definition) is 4. The van der Waals surface area contributed by atoms with E-state index >= 15 is 0 Å². The van der Waals surface area contributed by atoms with Crippen LogP contribution >= 0.6 is 11.6 Å². The maximum absolute atomic E-state index is 6.05. The highest BCUT2D eigenvalue weighted by Crippen LogP contribution is 2.23. The molecule has 110 valence electrons. The monoisotopic (exact) mass is 304 g/mol. The van der Waals surface area contributed by atoms with Crippen LogP contribution in [0.5, 0.6) is 0 Å². The summed E-state index contributed by atoms with van der Waals surface area (Å²) in [6.07, 6.45) is 0. The molecule has 6 heteroatoms. The van der Waals surface area contributed by atoms with E-state index in [-0.39, 0.29) is 12.1 Å². The molecule has 1 heterocycles. The lowest BCUT2D eigenvalue weighted by atomic mass is 10.0. The van der Waals surface area contributed by atoms with Crippen LogP contribution in [0.1, 0.15) is 13.8 Å². The third-order valence-electron chi connectivity index (χ3n) is 3.24. The van der Waals surface area contributed by atoms with Crippen molar-refractivity contribution in [2.75, 3.05) is 19.7 Å². The van der Waals surface area contributed by atoms with Crippen LogP contribution in [0, 0.1) is 5.92 Å². The Bertz CT molecular complexity index is 370. The van der Waals surface area contributed by atoms with Gasteiger partial charge in [-0.05, 0) is 12.0 Å². The van der Waals surface area contributed by atoms with Gasteiger partial charge in [-0.2, -0.15) is 0 Å². The highest BCUT2D eigenvalue weighted by molar-refractivity contribution is 6.83. The lowest BCUT2D eigenvalue weighted by Crippen LogP contribution is -2.42. The molecule has 0 N–H and O–H groups in total. The van der Waals surface area contributed by atoms with Gasteiger partial charge in [0.15, 0.2) is 0 Å². The number of hydrogen-bond donors (Lipinski definition) is 0. The molecule has 0 radical (unpaired) electrons. The van der Waals surface area contributed by atoms with Crippen LogP contribution in [0.3, 0.4) is 0 Å². The van der Waals surface area contributed by atoms with Crippen molar-refractivity contribution in [3.63, 3.8) is 0 Å². The summed E-state index contributed by atoms with van der Waals surface area (Å²) >= 11 is 6.05. The van der Waals surface area contributed by atoms with Crippen molar-refractivity contribution < 1.29 is 9.47 Å². The molecule has 0 aromatic carbocycles. The molecule has 1 unspecified atom stereocenters. The summed E-state index contributed by atoms with van der Waals surface area (Å²) in [6, 6.07) is 0.841. The summed E-state index contributed by atoms with van der Waals surface area (Å²) < 4.78 is 10.8. The molecule has 0 saturated heterocycles. The molecular weight excluding hydrogens is 280 g/mol. The quantitative estimate of drug-likeness (QED) is 0.592. The number of alkyl halides is 1. The van der Waals surface area contributed by atoms with E-state index in [1.807, 2.05) is 0 Å². The fourth-order valence-electron chi connectivity index (χ4n) is 2.07. The molecule has 0 aliphatic carbocycles. The number of rotatable bonds is 4. The Morgan fingerprint density at radius 2 is 1.74 bits per heavy atom. The van der Waals surface area contributed by atoms with E-state index in [0.717, 1.165) is 6.04 Å². The van der Waals surface area contributed by atoms with Crippen molar-refractivity contribution in [1.29, 1.82) is 0 Å². The van der Waals surface area contributed by atoms with Crippen LogP contribution in [0.15, 0.2) is 9.98 Å². The van der Waals surface area contributed by atoms with Gasteiger partial charge in [-0.15, -0.1) is 11.6 Å². The normalized spacial score (nSPS) is 24.0. The first kappa shape index (κ1) is 16.5. The van der Waals surface area contributed by atoms with E-state index in [2.05, 4.69) is 31.9 Å². The molecule has 1 rings (SSSR count). The Hall–Kier alpha value is -0.553. The molecule has 4 nitrogen and oxygen atoms in total. The number of halogens is 1. The Morgan fingerprint density at radius 1 is 1.16 bits per heavy atom. The minimum absolute atomic E-state index is 0.0445. The van der Waals surface area contributed by atoms with Crippen molar-refractivity contribution in [3.05, 3.63) is 0 Å².